The molecule has 1 saturated heterocycles. The van der Waals surface area contributed by atoms with Gasteiger partial charge in [0.25, 0.3) is 11.6 Å². The fourth-order valence-corrected chi connectivity index (χ4v) is 3.43. The van der Waals surface area contributed by atoms with Gasteiger partial charge in [0.05, 0.1) is 17.7 Å². The third kappa shape index (κ3) is 4.19. The minimum absolute atomic E-state index is 0.0447. The number of para-hydroxylation sites is 2. The number of anilines is 2. The Bertz CT molecular complexity index is 853. The molecule has 1 amide bonds. The predicted molar refractivity (Wildman–Crippen MR) is 105 cm³/mol. The highest BCUT2D eigenvalue weighted by Gasteiger charge is 2.25. The molecule has 142 valence electrons. The van der Waals surface area contributed by atoms with E-state index in [4.69, 9.17) is 4.74 Å². The van der Waals surface area contributed by atoms with Gasteiger partial charge < -0.3 is 15.0 Å². The summed E-state index contributed by atoms with van der Waals surface area (Å²) in [7, 11) is 1.52. The molecule has 27 heavy (non-hydrogen) atoms. The molecule has 7 heteroatoms. The van der Waals surface area contributed by atoms with Crippen LogP contribution in [0, 0.1) is 16.0 Å². The average Bonchev–Trinajstić information content (AvgIpc) is 2.67. The largest absolute Gasteiger partial charge is 0.495 e. The highest BCUT2D eigenvalue weighted by atomic mass is 16.6. The Morgan fingerprint density at radius 3 is 2.78 bits per heavy atom. The number of rotatable bonds is 5. The molecule has 3 rings (SSSR count). The van der Waals surface area contributed by atoms with E-state index in [9.17, 15) is 14.9 Å². The SMILES string of the molecule is COc1ccccc1NC(=O)c1ccc(N2CCC[C@H](C)C2)c([N+](=O)[O-])c1. The van der Waals surface area contributed by atoms with Gasteiger partial charge in [0.2, 0.25) is 0 Å². The molecule has 1 heterocycles. The predicted octanol–water partition coefficient (Wildman–Crippen LogP) is 4.09. The Morgan fingerprint density at radius 2 is 2.07 bits per heavy atom. The van der Waals surface area contributed by atoms with E-state index in [1.54, 1.807) is 36.4 Å². The van der Waals surface area contributed by atoms with E-state index in [0.717, 1.165) is 25.9 Å². The molecule has 1 atom stereocenters. The smallest absolute Gasteiger partial charge is 0.293 e. The number of amides is 1. The Balaban J connectivity index is 1.87. The zero-order valence-electron chi connectivity index (χ0n) is 15.5. The lowest BCUT2D eigenvalue weighted by atomic mass is 9.99. The maximum Gasteiger partial charge on any atom is 0.293 e. The summed E-state index contributed by atoms with van der Waals surface area (Å²) < 4.78 is 5.22. The molecular weight excluding hydrogens is 346 g/mol. The van der Waals surface area contributed by atoms with Crippen molar-refractivity contribution in [1.29, 1.82) is 0 Å². The Morgan fingerprint density at radius 1 is 1.30 bits per heavy atom. The van der Waals surface area contributed by atoms with Crippen LogP contribution in [0.15, 0.2) is 42.5 Å². The van der Waals surface area contributed by atoms with Gasteiger partial charge in [0, 0.05) is 24.7 Å². The van der Waals surface area contributed by atoms with Crippen molar-refractivity contribution in [2.45, 2.75) is 19.8 Å². The summed E-state index contributed by atoms with van der Waals surface area (Å²) in [6.07, 6.45) is 2.14. The van der Waals surface area contributed by atoms with Gasteiger partial charge in [-0.1, -0.05) is 19.1 Å². The normalized spacial score (nSPS) is 16.7. The molecule has 1 N–H and O–H groups in total. The molecule has 0 spiro atoms. The molecule has 1 aliphatic heterocycles. The lowest BCUT2D eigenvalue weighted by Gasteiger charge is -2.32. The molecule has 0 radical (unpaired) electrons. The van der Waals surface area contributed by atoms with E-state index in [0.29, 0.717) is 23.0 Å². The lowest BCUT2D eigenvalue weighted by Crippen LogP contribution is -2.34. The van der Waals surface area contributed by atoms with E-state index in [1.165, 1.54) is 13.2 Å². The van der Waals surface area contributed by atoms with Crippen molar-refractivity contribution in [2.75, 3.05) is 30.4 Å². The van der Waals surface area contributed by atoms with Crippen molar-refractivity contribution >= 4 is 23.0 Å². The second-order valence-corrected chi connectivity index (χ2v) is 6.81. The zero-order valence-corrected chi connectivity index (χ0v) is 15.5. The fraction of sp³-hybridized carbons (Fsp3) is 0.350. The topological polar surface area (TPSA) is 84.7 Å². The van der Waals surface area contributed by atoms with E-state index >= 15 is 0 Å². The van der Waals surface area contributed by atoms with Crippen LogP contribution in [0.4, 0.5) is 17.1 Å². The van der Waals surface area contributed by atoms with Gasteiger partial charge >= 0.3 is 0 Å². The summed E-state index contributed by atoms with van der Waals surface area (Å²) in [4.78, 5) is 25.8. The van der Waals surface area contributed by atoms with Crippen molar-refractivity contribution in [2.24, 2.45) is 5.92 Å². The number of benzene rings is 2. The van der Waals surface area contributed by atoms with Crippen LogP contribution >= 0.6 is 0 Å². The summed E-state index contributed by atoms with van der Waals surface area (Å²) in [6.45, 7) is 3.72. The standard InChI is InChI=1S/C20H23N3O4/c1-14-6-5-11-22(13-14)17-10-9-15(12-18(17)23(25)26)20(24)21-16-7-3-4-8-19(16)27-2/h3-4,7-10,12,14H,5-6,11,13H2,1-2H3,(H,21,24)/t14-/m0/s1. The van der Waals surface area contributed by atoms with Crippen LogP contribution in [0.3, 0.4) is 0 Å². The molecule has 0 aliphatic carbocycles. The second-order valence-electron chi connectivity index (χ2n) is 6.81. The van der Waals surface area contributed by atoms with E-state index in [2.05, 4.69) is 12.2 Å². The molecule has 1 fully saturated rings. The van der Waals surface area contributed by atoms with Crippen LogP contribution in [0.1, 0.15) is 30.1 Å². The molecule has 0 unspecified atom stereocenters. The van der Waals surface area contributed by atoms with Crippen molar-refractivity contribution in [3.63, 3.8) is 0 Å². The monoisotopic (exact) mass is 369 g/mol. The molecule has 7 nitrogen and oxygen atoms in total. The fourth-order valence-electron chi connectivity index (χ4n) is 3.43. The van der Waals surface area contributed by atoms with Crippen LogP contribution in [-0.4, -0.2) is 31.0 Å². The number of piperidine rings is 1. The molecule has 1 aliphatic rings. The number of carbonyl (C=O) groups is 1. The van der Waals surface area contributed by atoms with Crippen LogP contribution in [-0.2, 0) is 0 Å². The van der Waals surface area contributed by atoms with Gasteiger partial charge in [-0.25, -0.2) is 0 Å². The van der Waals surface area contributed by atoms with E-state index in [1.807, 2.05) is 4.90 Å². The molecule has 0 bridgehead atoms. The van der Waals surface area contributed by atoms with Crippen LogP contribution in [0.25, 0.3) is 0 Å². The number of nitro benzene ring substituents is 1. The average molecular weight is 369 g/mol. The number of nitrogens with zero attached hydrogens (tertiary/aromatic N) is 2. The maximum atomic E-state index is 12.6. The van der Waals surface area contributed by atoms with Crippen molar-refractivity contribution in [3.05, 3.63) is 58.1 Å². The van der Waals surface area contributed by atoms with Crippen LogP contribution < -0.4 is 15.0 Å². The second kappa shape index (κ2) is 8.07. The Labute approximate surface area is 158 Å². The van der Waals surface area contributed by atoms with Crippen LogP contribution in [0.5, 0.6) is 5.75 Å². The van der Waals surface area contributed by atoms with E-state index < -0.39 is 10.8 Å². The molecule has 2 aromatic rings. The third-order valence-corrected chi connectivity index (χ3v) is 4.79. The summed E-state index contributed by atoms with van der Waals surface area (Å²) in [5.74, 6) is 0.604. The molecule has 0 aromatic heterocycles. The number of methoxy groups -OCH3 is 1. The lowest BCUT2D eigenvalue weighted by molar-refractivity contribution is -0.384. The van der Waals surface area contributed by atoms with Crippen LogP contribution in [0.2, 0.25) is 0 Å². The minimum Gasteiger partial charge on any atom is -0.495 e. The van der Waals surface area contributed by atoms with Gasteiger partial charge in [-0.3, -0.25) is 14.9 Å². The minimum atomic E-state index is -0.422. The van der Waals surface area contributed by atoms with Gasteiger partial charge in [0.1, 0.15) is 11.4 Å². The molecule has 0 saturated carbocycles. The van der Waals surface area contributed by atoms with Crippen molar-refractivity contribution in [3.8, 4) is 5.75 Å². The highest BCUT2D eigenvalue weighted by molar-refractivity contribution is 6.05. The zero-order chi connectivity index (χ0) is 19.4. The Kier molecular flexibility index (Phi) is 5.59. The summed E-state index contributed by atoms with van der Waals surface area (Å²) in [6, 6.07) is 11.7. The number of hydrogen-bond donors (Lipinski definition) is 1. The first-order chi connectivity index (χ1) is 13.0. The first-order valence-corrected chi connectivity index (χ1v) is 8.97. The first kappa shape index (κ1) is 18.7. The van der Waals surface area contributed by atoms with Gasteiger partial charge in [-0.2, -0.15) is 0 Å². The maximum absolute atomic E-state index is 12.6. The van der Waals surface area contributed by atoms with Crippen molar-refractivity contribution in [1.82, 2.24) is 0 Å². The van der Waals surface area contributed by atoms with Gasteiger partial charge in [-0.15, -0.1) is 0 Å². The van der Waals surface area contributed by atoms with Gasteiger partial charge in [-0.05, 0) is 43.0 Å². The number of nitrogens with one attached hydrogen (secondary N) is 1. The third-order valence-electron chi connectivity index (χ3n) is 4.79. The molecule has 2 aromatic carbocycles. The number of carbonyl (C=O) groups excluding carboxylic acids is 1. The highest BCUT2D eigenvalue weighted by Crippen LogP contribution is 2.33. The number of hydrogen-bond acceptors (Lipinski definition) is 5. The summed E-state index contributed by atoms with van der Waals surface area (Å²) in [5, 5.41) is 14.4. The quantitative estimate of drug-likeness (QED) is 0.634. The number of nitro groups is 1. The van der Waals surface area contributed by atoms with Gasteiger partial charge in [0.15, 0.2) is 0 Å². The first-order valence-electron chi connectivity index (χ1n) is 8.97. The molecular formula is C20H23N3O4. The summed E-state index contributed by atoms with van der Waals surface area (Å²) >= 11 is 0. The Hall–Kier alpha value is -3.09. The van der Waals surface area contributed by atoms with E-state index in [-0.39, 0.29) is 11.3 Å². The summed E-state index contributed by atoms with van der Waals surface area (Å²) in [5.41, 5.74) is 1.28. The van der Waals surface area contributed by atoms with Crippen molar-refractivity contribution < 1.29 is 14.5 Å². The number of ether oxygens (including phenoxy) is 1.